The van der Waals surface area contributed by atoms with Gasteiger partial charge < -0.3 is 9.47 Å². The summed E-state index contributed by atoms with van der Waals surface area (Å²) in [6.07, 6.45) is 0. The summed E-state index contributed by atoms with van der Waals surface area (Å²) in [4.78, 5) is 36.2. The van der Waals surface area contributed by atoms with E-state index >= 15 is 0 Å². The van der Waals surface area contributed by atoms with E-state index in [0.717, 1.165) is 5.56 Å². The maximum atomic E-state index is 12.2. The van der Waals surface area contributed by atoms with Crippen molar-refractivity contribution in [2.24, 2.45) is 0 Å². The number of rotatable bonds is 6. The van der Waals surface area contributed by atoms with Gasteiger partial charge in [-0.15, -0.1) is 0 Å². The van der Waals surface area contributed by atoms with Gasteiger partial charge in [0.2, 0.25) is 0 Å². The zero-order valence-electron chi connectivity index (χ0n) is 15.3. The van der Waals surface area contributed by atoms with Gasteiger partial charge in [-0.25, -0.2) is 9.59 Å². The first-order valence-corrected chi connectivity index (χ1v) is 8.67. The summed E-state index contributed by atoms with van der Waals surface area (Å²) < 4.78 is 10.3. The fraction of sp³-hybridized carbons (Fsp3) is 0.0870. The van der Waals surface area contributed by atoms with Crippen LogP contribution in [0.5, 0.6) is 5.75 Å². The van der Waals surface area contributed by atoms with Crippen molar-refractivity contribution in [1.29, 1.82) is 0 Å². The number of carbonyl (C=O) groups excluding carboxylic acids is 3. The molecule has 3 rings (SSSR count). The second kappa shape index (κ2) is 8.77. The maximum absolute atomic E-state index is 12.2. The first kappa shape index (κ1) is 19.0. The van der Waals surface area contributed by atoms with Crippen molar-refractivity contribution in [1.82, 2.24) is 0 Å². The minimum Gasteiger partial charge on any atom is -0.454 e. The summed E-state index contributed by atoms with van der Waals surface area (Å²) in [6.45, 7) is 1.57. The van der Waals surface area contributed by atoms with E-state index in [2.05, 4.69) is 0 Å². The predicted octanol–water partition coefficient (Wildman–Crippen LogP) is 4.25. The molecule has 0 aliphatic heterocycles. The molecular formula is C23H18O5. The highest BCUT2D eigenvalue weighted by Crippen LogP contribution is 2.15. The fourth-order valence-electron chi connectivity index (χ4n) is 2.44. The molecule has 0 unspecified atom stereocenters. The largest absolute Gasteiger partial charge is 0.454 e. The fourth-order valence-corrected chi connectivity index (χ4v) is 2.44. The minimum atomic E-state index is -0.558. The third kappa shape index (κ3) is 4.92. The number of ketones is 1. The second-order valence-corrected chi connectivity index (χ2v) is 6.15. The molecule has 0 aliphatic rings. The standard InChI is InChI=1S/C23H18O5/c1-16-7-9-19(10-8-16)23(26)28-20-13-11-17(12-14-20)21(24)15-27-22(25)18-5-3-2-4-6-18/h2-14H,15H2,1H3. The minimum absolute atomic E-state index is 0.323. The van der Waals surface area contributed by atoms with Gasteiger partial charge >= 0.3 is 11.9 Å². The van der Waals surface area contributed by atoms with Gasteiger partial charge in [0.25, 0.3) is 0 Å². The molecule has 0 atom stereocenters. The van der Waals surface area contributed by atoms with Crippen LogP contribution in [0.3, 0.4) is 0 Å². The molecule has 28 heavy (non-hydrogen) atoms. The van der Waals surface area contributed by atoms with Crippen LogP contribution in [-0.4, -0.2) is 24.3 Å². The normalized spacial score (nSPS) is 10.2. The number of benzene rings is 3. The molecule has 0 aliphatic carbocycles. The Hall–Kier alpha value is -3.73. The summed E-state index contributed by atoms with van der Waals surface area (Å²) in [5.41, 5.74) is 2.23. The van der Waals surface area contributed by atoms with E-state index in [1.54, 1.807) is 42.5 Å². The first-order chi connectivity index (χ1) is 13.5. The molecule has 5 nitrogen and oxygen atoms in total. The van der Waals surface area contributed by atoms with Gasteiger partial charge in [-0.05, 0) is 55.5 Å². The van der Waals surface area contributed by atoms with Crippen LogP contribution in [0.15, 0.2) is 78.9 Å². The van der Waals surface area contributed by atoms with E-state index in [4.69, 9.17) is 9.47 Å². The summed E-state index contributed by atoms with van der Waals surface area (Å²) in [5, 5.41) is 0. The lowest BCUT2D eigenvalue weighted by molar-refractivity contribution is 0.0474. The monoisotopic (exact) mass is 374 g/mol. The molecule has 0 amide bonds. The number of aryl methyl sites for hydroxylation is 1. The van der Waals surface area contributed by atoms with Crippen LogP contribution in [-0.2, 0) is 4.74 Å². The van der Waals surface area contributed by atoms with Crippen LogP contribution in [0.25, 0.3) is 0 Å². The summed E-state index contributed by atoms with van der Waals surface area (Å²) in [5.74, 6) is -1.06. The lowest BCUT2D eigenvalue weighted by atomic mass is 10.1. The van der Waals surface area contributed by atoms with Crippen molar-refractivity contribution in [2.45, 2.75) is 6.92 Å². The van der Waals surface area contributed by atoms with E-state index in [1.165, 1.54) is 24.3 Å². The molecule has 0 spiro atoms. The average Bonchev–Trinajstić information content (AvgIpc) is 2.73. The molecule has 0 N–H and O–H groups in total. The van der Waals surface area contributed by atoms with Gasteiger partial charge in [0.05, 0.1) is 11.1 Å². The Bertz CT molecular complexity index is 974. The quantitative estimate of drug-likeness (QED) is 0.366. The van der Waals surface area contributed by atoms with E-state index in [0.29, 0.717) is 22.4 Å². The molecule has 0 fully saturated rings. The van der Waals surface area contributed by atoms with Crippen molar-refractivity contribution in [3.05, 3.63) is 101 Å². The molecule has 0 heterocycles. The van der Waals surface area contributed by atoms with Gasteiger partial charge in [-0.1, -0.05) is 35.9 Å². The molecule has 5 heteroatoms. The van der Waals surface area contributed by atoms with Crippen molar-refractivity contribution in [3.63, 3.8) is 0 Å². The van der Waals surface area contributed by atoms with Gasteiger partial charge in [-0.3, -0.25) is 4.79 Å². The third-order valence-electron chi connectivity index (χ3n) is 4.02. The van der Waals surface area contributed by atoms with E-state index in [1.807, 2.05) is 19.1 Å². The second-order valence-electron chi connectivity index (χ2n) is 6.15. The number of carbonyl (C=O) groups is 3. The van der Waals surface area contributed by atoms with Gasteiger partial charge in [0, 0.05) is 5.56 Å². The molecule has 0 saturated heterocycles. The summed E-state index contributed by atoms with van der Waals surface area (Å²) in [7, 11) is 0. The molecule has 0 aromatic heterocycles. The first-order valence-electron chi connectivity index (χ1n) is 8.67. The SMILES string of the molecule is Cc1ccc(C(=O)Oc2ccc(C(=O)COC(=O)c3ccccc3)cc2)cc1. The van der Waals surface area contributed by atoms with E-state index < -0.39 is 11.9 Å². The summed E-state index contributed by atoms with van der Waals surface area (Å²) in [6, 6.07) is 21.6. The van der Waals surface area contributed by atoms with Crippen molar-refractivity contribution in [2.75, 3.05) is 6.61 Å². The average molecular weight is 374 g/mol. The van der Waals surface area contributed by atoms with Crippen LogP contribution in [0.1, 0.15) is 36.6 Å². The number of hydrogen-bond donors (Lipinski definition) is 0. The molecule has 0 radical (unpaired) electrons. The third-order valence-corrected chi connectivity index (χ3v) is 4.02. The van der Waals surface area contributed by atoms with Crippen LogP contribution in [0.4, 0.5) is 0 Å². The van der Waals surface area contributed by atoms with Crippen LogP contribution < -0.4 is 4.74 Å². The number of hydrogen-bond acceptors (Lipinski definition) is 5. The zero-order valence-corrected chi connectivity index (χ0v) is 15.3. The molecule has 3 aromatic rings. The van der Waals surface area contributed by atoms with Crippen LogP contribution in [0.2, 0.25) is 0 Å². The van der Waals surface area contributed by atoms with Gasteiger partial charge in [-0.2, -0.15) is 0 Å². The highest BCUT2D eigenvalue weighted by molar-refractivity contribution is 5.99. The zero-order chi connectivity index (χ0) is 19.9. The van der Waals surface area contributed by atoms with Crippen molar-refractivity contribution in [3.8, 4) is 5.75 Å². The maximum Gasteiger partial charge on any atom is 0.343 e. The number of Topliss-reactive ketones (excluding diaryl/α,β-unsaturated/α-hetero) is 1. The lowest BCUT2D eigenvalue weighted by Crippen LogP contribution is -2.14. The molecule has 3 aromatic carbocycles. The van der Waals surface area contributed by atoms with Gasteiger partial charge in [0.1, 0.15) is 5.75 Å². The Morgan fingerprint density at radius 1 is 0.679 bits per heavy atom. The van der Waals surface area contributed by atoms with Crippen molar-refractivity contribution >= 4 is 17.7 Å². The highest BCUT2D eigenvalue weighted by Gasteiger charge is 2.13. The predicted molar refractivity (Wildman–Crippen MR) is 104 cm³/mol. The molecule has 140 valence electrons. The Labute approximate surface area is 162 Å². The van der Waals surface area contributed by atoms with Crippen molar-refractivity contribution < 1.29 is 23.9 Å². The summed E-state index contributed by atoms with van der Waals surface area (Å²) >= 11 is 0. The molecule has 0 bridgehead atoms. The van der Waals surface area contributed by atoms with Crippen LogP contribution in [0, 0.1) is 6.92 Å². The Kier molecular flexibility index (Phi) is 5.97. The topological polar surface area (TPSA) is 69.7 Å². The van der Waals surface area contributed by atoms with E-state index in [-0.39, 0.29) is 12.4 Å². The number of ether oxygens (including phenoxy) is 2. The lowest BCUT2D eigenvalue weighted by Gasteiger charge is -2.07. The molecular weight excluding hydrogens is 356 g/mol. The Morgan fingerprint density at radius 3 is 1.89 bits per heavy atom. The number of esters is 2. The Balaban J connectivity index is 1.56. The Morgan fingerprint density at radius 2 is 1.25 bits per heavy atom. The smallest absolute Gasteiger partial charge is 0.343 e. The highest BCUT2D eigenvalue weighted by atomic mass is 16.5. The molecule has 0 saturated carbocycles. The van der Waals surface area contributed by atoms with Crippen LogP contribution >= 0.6 is 0 Å². The van der Waals surface area contributed by atoms with E-state index in [9.17, 15) is 14.4 Å². The van der Waals surface area contributed by atoms with Gasteiger partial charge in [0.15, 0.2) is 12.4 Å².